The van der Waals surface area contributed by atoms with Gasteiger partial charge in [-0.25, -0.2) is 4.98 Å². The fourth-order valence-corrected chi connectivity index (χ4v) is 3.07. The number of rotatable bonds is 7. The minimum absolute atomic E-state index is 0.0595. The van der Waals surface area contributed by atoms with E-state index in [4.69, 9.17) is 9.47 Å². The van der Waals surface area contributed by atoms with E-state index in [1.54, 1.807) is 0 Å². The summed E-state index contributed by atoms with van der Waals surface area (Å²) in [5, 5.41) is 10.2. The Morgan fingerprint density at radius 1 is 1.46 bits per heavy atom. The number of H-pyrrole nitrogens is 1. The van der Waals surface area contributed by atoms with Crippen molar-refractivity contribution in [2.75, 3.05) is 46.0 Å². The topological polar surface area (TPSA) is 92.4 Å². The third-order valence-electron chi connectivity index (χ3n) is 4.45. The molecule has 2 fully saturated rings. The van der Waals surface area contributed by atoms with Gasteiger partial charge in [0, 0.05) is 38.6 Å². The van der Waals surface area contributed by atoms with Gasteiger partial charge < -0.3 is 14.8 Å². The number of nitrogens with one attached hydrogen (secondary N) is 2. The van der Waals surface area contributed by atoms with Crippen LogP contribution in [0.4, 0.5) is 0 Å². The third-order valence-corrected chi connectivity index (χ3v) is 4.45. The Balaban J connectivity index is 1.44. The van der Waals surface area contributed by atoms with E-state index < -0.39 is 0 Å². The Morgan fingerprint density at radius 3 is 3.17 bits per heavy atom. The second-order valence-electron chi connectivity index (χ2n) is 6.52. The van der Waals surface area contributed by atoms with Gasteiger partial charge in [-0.05, 0) is 12.8 Å². The van der Waals surface area contributed by atoms with Gasteiger partial charge in [0.1, 0.15) is 11.9 Å². The van der Waals surface area contributed by atoms with Gasteiger partial charge in [-0.3, -0.25) is 14.8 Å². The molecule has 2 aliphatic heterocycles. The van der Waals surface area contributed by atoms with Crippen molar-refractivity contribution in [2.45, 2.75) is 32.3 Å². The van der Waals surface area contributed by atoms with Gasteiger partial charge in [-0.15, -0.1) is 0 Å². The van der Waals surface area contributed by atoms with Crippen LogP contribution < -0.4 is 5.32 Å². The van der Waals surface area contributed by atoms with Gasteiger partial charge in [0.25, 0.3) is 0 Å². The normalized spacial score (nSPS) is 25.0. The quantitative estimate of drug-likeness (QED) is 0.743. The molecule has 134 valence electrons. The molecule has 0 spiro atoms. The van der Waals surface area contributed by atoms with Crippen molar-refractivity contribution in [1.82, 2.24) is 25.4 Å². The van der Waals surface area contributed by atoms with Crippen LogP contribution in [0.5, 0.6) is 0 Å². The highest BCUT2D eigenvalue weighted by Gasteiger charge is 2.26. The maximum Gasteiger partial charge on any atom is 0.234 e. The monoisotopic (exact) mass is 337 g/mol. The Labute approximate surface area is 142 Å². The van der Waals surface area contributed by atoms with Crippen LogP contribution in [0.15, 0.2) is 0 Å². The van der Waals surface area contributed by atoms with E-state index >= 15 is 0 Å². The zero-order valence-electron chi connectivity index (χ0n) is 14.3. The molecule has 3 heterocycles. The molecule has 1 aromatic rings. The molecule has 2 aliphatic rings. The molecule has 8 heteroatoms. The second-order valence-corrected chi connectivity index (χ2v) is 6.52. The Kier molecular flexibility index (Phi) is 6.17. The van der Waals surface area contributed by atoms with Gasteiger partial charge in [-0.2, -0.15) is 5.10 Å². The summed E-state index contributed by atoms with van der Waals surface area (Å²) in [5.74, 6) is 2.09. The average molecular weight is 337 g/mol. The minimum Gasteiger partial charge on any atom is -0.381 e. The summed E-state index contributed by atoms with van der Waals surface area (Å²) >= 11 is 0. The van der Waals surface area contributed by atoms with Crippen LogP contribution in [0.3, 0.4) is 0 Å². The number of morpholine rings is 1. The predicted molar refractivity (Wildman–Crippen MR) is 87.4 cm³/mol. The van der Waals surface area contributed by atoms with Gasteiger partial charge in [-0.1, -0.05) is 6.92 Å². The SMILES string of the molecule is CCCc1nc([C@H]2CN(CC(=O)NC[C@H]3CCOC3)CCO2)n[nH]1. The summed E-state index contributed by atoms with van der Waals surface area (Å²) in [5.41, 5.74) is 0. The number of carbonyl (C=O) groups excluding carboxylic acids is 1. The molecule has 2 saturated heterocycles. The maximum atomic E-state index is 12.1. The first kappa shape index (κ1) is 17.3. The highest BCUT2D eigenvalue weighted by Crippen LogP contribution is 2.19. The number of carbonyl (C=O) groups is 1. The summed E-state index contributed by atoms with van der Waals surface area (Å²) in [4.78, 5) is 18.7. The molecule has 0 bridgehead atoms. The lowest BCUT2D eigenvalue weighted by Gasteiger charge is -2.31. The number of nitrogens with zero attached hydrogens (tertiary/aromatic N) is 3. The van der Waals surface area contributed by atoms with Crippen LogP contribution in [0.2, 0.25) is 0 Å². The third kappa shape index (κ3) is 4.75. The van der Waals surface area contributed by atoms with Crippen molar-refractivity contribution < 1.29 is 14.3 Å². The van der Waals surface area contributed by atoms with Gasteiger partial charge in [0.05, 0.1) is 19.8 Å². The highest BCUT2D eigenvalue weighted by molar-refractivity contribution is 5.78. The lowest BCUT2D eigenvalue weighted by Crippen LogP contribution is -2.45. The first-order valence-corrected chi connectivity index (χ1v) is 8.84. The van der Waals surface area contributed by atoms with Crippen LogP contribution in [-0.2, 0) is 20.7 Å². The average Bonchev–Trinajstić information content (AvgIpc) is 3.25. The smallest absolute Gasteiger partial charge is 0.234 e. The van der Waals surface area contributed by atoms with Crippen LogP contribution in [0, 0.1) is 5.92 Å². The molecule has 0 aliphatic carbocycles. The summed E-state index contributed by atoms with van der Waals surface area (Å²) in [6, 6.07) is 0. The van der Waals surface area contributed by atoms with Gasteiger partial charge in [0.2, 0.25) is 5.91 Å². The molecule has 8 nitrogen and oxygen atoms in total. The Bertz CT molecular complexity index is 530. The first-order valence-electron chi connectivity index (χ1n) is 8.84. The van der Waals surface area contributed by atoms with E-state index in [0.717, 1.165) is 44.8 Å². The highest BCUT2D eigenvalue weighted by atomic mass is 16.5. The van der Waals surface area contributed by atoms with E-state index in [2.05, 4.69) is 32.3 Å². The van der Waals surface area contributed by atoms with Crippen molar-refractivity contribution in [1.29, 1.82) is 0 Å². The molecule has 24 heavy (non-hydrogen) atoms. The standard InChI is InChI=1S/C16H27N5O3/c1-2-3-14-18-16(20-19-14)13-9-21(5-7-24-13)10-15(22)17-8-12-4-6-23-11-12/h12-13H,2-11H2,1H3,(H,17,22)(H,18,19,20)/t12-,13-/m1/s1. The van der Waals surface area contributed by atoms with E-state index in [-0.39, 0.29) is 12.0 Å². The summed E-state index contributed by atoms with van der Waals surface area (Å²) in [6.07, 6.45) is 2.77. The van der Waals surface area contributed by atoms with Crippen molar-refractivity contribution in [3.8, 4) is 0 Å². The second kappa shape index (κ2) is 8.55. The maximum absolute atomic E-state index is 12.1. The molecule has 3 rings (SSSR count). The number of amides is 1. The summed E-state index contributed by atoms with van der Waals surface area (Å²) in [7, 11) is 0. The van der Waals surface area contributed by atoms with Crippen LogP contribution in [-0.4, -0.2) is 72.0 Å². The molecule has 0 unspecified atom stereocenters. The Hall–Kier alpha value is -1.51. The molecule has 1 aromatic heterocycles. The van der Waals surface area contributed by atoms with Gasteiger partial charge >= 0.3 is 0 Å². The summed E-state index contributed by atoms with van der Waals surface area (Å²) < 4.78 is 11.1. The van der Waals surface area contributed by atoms with Crippen LogP contribution in [0.1, 0.15) is 37.5 Å². The zero-order valence-corrected chi connectivity index (χ0v) is 14.3. The largest absolute Gasteiger partial charge is 0.381 e. The molecular weight excluding hydrogens is 310 g/mol. The number of aryl methyl sites for hydroxylation is 1. The number of hydrogen-bond donors (Lipinski definition) is 2. The van der Waals surface area contributed by atoms with Crippen molar-refractivity contribution in [3.05, 3.63) is 11.6 Å². The van der Waals surface area contributed by atoms with Crippen molar-refractivity contribution in [3.63, 3.8) is 0 Å². The number of hydrogen-bond acceptors (Lipinski definition) is 6. The fourth-order valence-electron chi connectivity index (χ4n) is 3.07. The number of ether oxygens (including phenoxy) is 2. The molecule has 1 amide bonds. The van der Waals surface area contributed by atoms with Crippen LogP contribution in [0.25, 0.3) is 0 Å². The van der Waals surface area contributed by atoms with Crippen LogP contribution >= 0.6 is 0 Å². The van der Waals surface area contributed by atoms with E-state index in [1.165, 1.54) is 0 Å². The molecule has 0 saturated carbocycles. The van der Waals surface area contributed by atoms with E-state index in [1.807, 2.05) is 0 Å². The zero-order chi connectivity index (χ0) is 16.8. The lowest BCUT2D eigenvalue weighted by atomic mass is 10.1. The minimum atomic E-state index is -0.170. The molecular formula is C16H27N5O3. The lowest BCUT2D eigenvalue weighted by molar-refractivity contribution is -0.124. The van der Waals surface area contributed by atoms with Crippen molar-refractivity contribution >= 4 is 5.91 Å². The Morgan fingerprint density at radius 2 is 2.38 bits per heavy atom. The number of aromatic amines is 1. The van der Waals surface area contributed by atoms with E-state index in [9.17, 15) is 4.79 Å². The number of aromatic nitrogens is 3. The summed E-state index contributed by atoms with van der Waals surface area (Å²) in [6.45, 7) is 6.75. The first-order chi connectivity index (χ1) is 11.7. The fraction of sp³-hybridized carbons (Fsp3) is 0.812. The molecule has 2 N–H and O–H groups in total. The van der Waals surface area contributed by atoms with E-state index in [0.29, 0.717) is 38.0 Å². The van der Waals surface area contributed by atoms with Gasteiger partial charge in [0.15, 0.2) is 5.82 Å². The molecule has 2 atom stereocenters. The van der Waals surface area contributed by atoms with Crippen molar-refractivity contribution in [2.24, 2.45) is 5.92 Å². The predicted octanol–water partition coefficient (Wildman–Crippen LogP) is 0.283. The molecule has 0 radical (unpaired) electrons. The molecule has 0 aromatic carbocycles.